The molecule has 2 aliphatic heterocycles. The maximum Gasteiger partial charge on any atom is 0.417 e. The Morgan fingerprint density at radius 1 is 1.07 bits per heavy atom. The van der Waals surface area contributed by atoms with Crippen LogP contribution in [0.3, 0.4) is 0 Å². The lowest BCUT2D eigenvalue weighted by Gasteiger charge is -2.28. The summed E-state index contributed by atoms with van der Waals surface area (Å²) in [7, 11) is 0. The second-order valence-corrected chi connectivity index (χ2v) is 12.1. The molecular weight excluding hydrogens is 603 g/mol. The van der Waals surface area contributed by atoms with E-state index in [9.17, 15) is 24.3 Å². The average Bonchev–Trinajstić information content (AvgIpc) is 3.63. The van der Waals surface area contributed by atoms with Crippen LogP contribution in [0.4, 0.5) is 4.79 Å². The first kappa shape index (κ1) is 32.7. The Morgan fingerprint density at radius 2 is 1.74 bits per heavy atom. The monoisotopic (exact) mass is 636 g/mol. The van der Waals surface area contributed by atoms with Gasteiger partial charge in [0.2, 0.25) is 5.91 Å². The number of carbonyl (C=O) groups excluding carboxylic acids is 3. The second-order valence-electron chi connectivity index (χ2n) is 11.3. The van der Waals surface area contributed by atoms with Gasteiger partial charge in [-0.15, -0.1) is 0 Å². The fourth-order valence-corrected chi connectivity index (χ4v) is 5.35. The Bertz CT molecular complexity index is 1320. The van der Waals surface area contributed by atoms with Crippen molar-refractivity contribution in [2.24, 2.45) is 5.92 Å². The molecule has 2 fully saturated rings. The zero-order valence-corrected chi connectivity index (χ0v) is 25.5. The van der Waals surface area contributed by atoms with Gasteiger partial charge in [0.05, 0.1) is 12.6 Å². The molecule has 232 valence electrons. The van der Waals surface area contributed by atoms with E-state index in [1.807, 2.05) is 0 Å². The number of imide groups is 1. The van der Waals surface area contributed by atoms with E-state index in [2.05, 4.69) is 5.32 Å². The molecule has 0 aliphatic carbocycles. The van der Waals surface area contributed by atoms with Gasteiger partial charge in [0.15, 0.2) is 5.78 Å². The van der Waals surface area contributed by atoms with Crippen LogP contribution < -0.4 is 10.1 Å². The molecule has 11 nitrogen and oxygen atoms in total. The molecular formula is C30H34Cl2N2O9. The molecule has 4 rings (SSSR count). The van der Waals surface area contributed by atoms with Gasteiger partial charge < -0.3 is 24.1 Å². The Hall–Kier alpha value is -3.22. The lowest BCUT2D eigenvalue weighted by atomic mass is 9.91. The number of nitrogens with zero attached hydrogens (tertiary/aromatic N) is 1. The first-order valence-electron chi connectivity index (χ1n) is 13.7. The number of carbonyl (C=O) groups is 4. The van der Waals surface area contributed by atoms with Crippen LogP contribution in [0.1, 0.15) is 38.3 Å². The summed E-state index contributed by atoms with van der Waals surface area (Å²) in [5.41, 5.74) is 0.586. The molecule has 0 aromatic heterocycles. The molecule has 2 amide bonds. The van der Waals surface area contributed by atoms with Crippen LogP contribution in [0, 0.1) is 5.92 Å². The minimum Gasteiger partial charge on any atom is -0.489 e. The normalized spacial score (nSPS) is 21.8. The van der Waals surface area contributed by atoms with E-state index in [1.54, 1.807) is 63.2 Å². The van der Waals surface area contributed by atoms with Crippen molar-refractivity contribution < 1.29 is 43.2 Å². The summed E-state index contributed by atoms with van der Waals surface area (Å²) in [5.74, 6) is -2.89. The van der Waals surface area contributed by atoms with Crippen LogP contribution in [0.2, 0.25) is 10.0 Å². The minimum absolute atomic E-state index is 0.0158. The fourth-order valence-electron chi connectivity index (χ4n) is 4.84. The van der Waals surface area contributed by atoms with Crippen LogP contribution in [0.25, 0.3) is 0 Å². The zero-order chi connectivity index (χ0) is 31.3. The first-order valence-corrected chi connectivity index (χ1v) is 14.5. The van der Waals surface area contributed by atoms with Crippen molar-refractivity contribution in [3.63, 3.8) is 0 Å². The average molecular weight is 638 g/mol. The molecule has 13 heteroatoms. The molecule has 2 aliphatic rings. The highest BCUT2D eigenvalue weighted by atomic mass is 35.5. The van der Waals surface area contributed by atoms with Crippen molar-refractivity contribution in [1.82, 2.24) is 10.2 Å². The maximum absolute atomic E-state index is 13.6. The van der Waals surface area contributed by atoms with Gasteiger partial charge in [-0.2, -0.15) is 0 Å². The number of nitrogens with one attached hydrogen (secondary N) is 1. The molecule has 43 heavy (non-hydrogen) atoms. The lowest BCUT2D eigenvalue weighted by Crippen LogP contribution is -2.51. The third-order valence-corrected chi connectivity index (χ3v) is 7.72. The highest BCUT2D eigenvalue weighted by Gasteiger charge is 2.49. The number of rotatable bonds is 10. The Kier molecular flexibility index (Phi) is 10.7. The van der Waals surface area contributed by atoms with Gasteiger partial charge in [0.25, 0.3) is 0 Å². The van der Waals surface area contributed by atoms with E-state index in [-0.39, 0.29) is 39.4 Å². The SMILES string of the molecule is CC(C)(C)OC(=O)N(CCc1ccc(OCc2c(Cl)cccc2Cl)cc1)C(=O)[C@H]1CC(C(=O)[C@H]2COCO2)[C@@H](C(=O)O)N1. The molecule has 4 atom stereocenters. The van der Waals surface area contributed by atoms with Crippen molar-refractivity contribution >= 4 is 47.0 Å². The van der Waals surface area contributed by atoms with E-state index >= 15 is 0 Å². The van der Waals surface area contributed by atoms with Gasteiger partial charge in [-0.05, 0) is 63.4 Å². The largest absolute Gasteiger partial charge is 0.489 e. The van der Waals surface area contributed by atoms with Crippen molar-refractivity contribution in [3.8, 4) is 5.75 Å². The molecule has 2 heterocycles. The molecule has 0 saturated carbocycles. The topological polar surface area (TPSA) is 141 Å². The number of amides is 2. The summed E-state index contributed by atoms with van der Waals surface area (Å²) >= 11 is 12.4. The summed E-state index contributed by atoms with van der Waals surface area (Å²) in [6.07, 6.45) is -1.61. The fraction of sp³-hybridized carbons (Fsp3) is 0.467. The summed E-state index contributed by atoms with van der Waals surface area (Å²) in [6.45, 7) is 5.11. The second kappa shape index (κ2) is 14.0. The number of ketones is 1. The Labute approximate surface area is 259 Å². The van der Waals surface area contributed by atoms with E-state index in [0.717, 1.165) is 10.5 Å². The molecule has 0 bridgehead atoms. The van der Waals surface area contributed by atoms with Crippen LogP contribution in [0.5, 0.6) is 5.75 Å². The van der Waals surface area contributed by atoms with Crippen molar-refractivity contribution in [3.05, 3.63) is 63.6 Å². The Balaban J connectivity index is 1.44. The van der Waals surface area contributed by atoms with Crippen LogP contribution in [-0.2, 0) is 41.6 Å². The smallest absolute Gasteiger partial charge is 0.417 e. The zero-order valence-electron chi connectivity index (χ0n) is 24.0. The predicted molar refractivity (Wildman–Crippen MR) is 156 cm³/mol. The number of halogens is 2. The maximum atomic E-state index is 13.6. The summed E-state index contributed by atoms with van der Waals surface area (Å²) < 4.78 is 21.6. The quantitative estimate of drug-likeness (QED) is 0.389. The molecule has 2 N–H and O–H groups in total. The summed E-state index contributed by atoms with van der Waals surface area (Å²) in [6, 6.07) is 9.89. The predicted octanol–water partition coefficient (Wildman–Crippen LogP) is 4.25. The number of aliphatic carboxylic acids is 1. The highest BCUT2D eigenvalue weighted by Crippen LogP contribution is 2.28. The van der Waals surface area contributed by atoms with Gasteiger partial charge >= 0.3 is 12.1 Å². The van der Waals surface area contributed by atoms with Crippen molar-refractivity contribution in [2.75, 3.05) is 19.9 Å². The van der Waals surface area contributed by atoms with Crippen molar-refractivity contribution in [2.45, 2.75) is 64.0 Å². The molecule has 2 aromatic rings. The van der Waals surface area contributed by atoms with Crippen molar-refractivity contribution in [1.29, 1.82) is 0 Å². The van der Waals surface area contributed by atoms with Gasteiger partial charge in [0.1, 0.15) is 36.9 Å². The molecule has 2 aromatic carbocycles. The molecule has 2 saturated heterocycles. The van der Waals surface area contributed by atoms with Crippen LogP contribution >= 0.6 is 23.2 Å². The molecule has 0 spiro atoms. The third kappa shape index (κ3) is 8.45. The van der Waals surface area contributed by atoms with E-state index in [1.165, 1.54) is 0 Å². The standard InChI is InChI=1S/C30H34Cl2N2O9/c1-30(2,3)43-29(39)34(27(36)23-13-19(25(33-23)28(37)38)26(35)24-15-40-16-42-24)12-11-17-7-9-18(10-8-17)41-14-20-21(31)5-4-6-22(20)32/h4-10,19,23-25,33H,11-16H2,1-3H3,(H,37,38)/t19?,23-,24-,25+/m1/s1. The molecule has 0 radical (unpaired) electrons. The minimum atomic E-state index is -1.32. The molecule has 1 unspecified atom stereocenters. The van der Waals surface area contributed by atoms with Gasteiger partial charge in [-0.1, -0.05) is 41.4 Å². The van der Waals surface area contributed by atoms with Crippen LogP contribution in [0.15, 0.2) is 42.5 Å². The number of hydrogen-bond acceptors (Lipinski definition) is 9. The number of hydrogen-bond donors (Lipinski definition) is 2. The lowest BCUT2D eigenvalue weighted by molar-refractivity contribution is -0.144. The first-order chi connectivity index (χ1) is 20.3. The van der Waals surface area contributed by atoms with Gasteiger partial charge in [-0.25, -0.2) is 9.69 Å². The van der Waals surface area contributed by atoms with E-state index in [4.69, 9.17) is 42.1 Å². The van der Waals surface area contributed by atoms with E-state index < -0.39 is 53.5 Å². The number of carboxylic acid groups (broad SMARTS) is 1. The summed E-state index contributed by atoms with van der Waals surface area (Å²) in [4.78, 5) is 52.7. The summed E-state index contributed by atoms with van der Waals surface area (Å²) in [5, 5.41) is 13.5. The highest BCUT2D eigenvalue weighted by molar-refractivity contribution is 6.35. The Morgan fingerprint density at radius 3 is 2.33 bits per heavy atom. The number of benzene rings is 2. The number of ether oxygens (including phenoxy) is 4. The van der Waals surface area contributed by atoms with Gasteiger partial charge in [0, 0.05) is 28.1 Å². The van der Waals surface area contributed by atoms with Crippen LogP contribution in [-0.4, -0.2) is 77.5 Å². The van der Waals surface area contributed by atoms with E-state index in [0.29, 0.717) is 21.4 Å². The number of carboxylic acids is 1. The number of Topliss-reactive ketones (excluding diaryl/α,β-unsaturated/α-hetero) is 1. The van der Waals surface area contributed by atoms with Gasteiger partial charge in [-0.3, -0.25) is 19.7 Å². The third-order valence-electron chi connectivity index (χ3n) is 7.01.